The van der Waals surface area contributed by atoms with E-state index in [1.165, 1.54) is 0 Å². The number of unbranched alkanes of at least 4 members (excludes halogenated alkanes) is 2. The molecule has 8 nitrogen and oxygen atoms in total. The average molecular weight is 346 g/mol. The van der Waals surface area contributed by atoms with Crippen molar-refractivity contribution in [1.29, 1.82) is 0 Å². The van der Waals surface area contributed by atoms with E-state index in [1.54, 1.807) is 13.8 Å². The molecule has 0 aromatic rings. The number of carboxylic acids is 1. The first-order valence-electron chi connectivity index (χ1n) is 8.10. The quantitative estimate of drug-likeness (QED) is 0.306. The molecule has 24 heavy (non-hydrogen) atoms. The number of hydrogen-bond donors (Lipinski definition) is 1. The number of ether oxygens (including phenoxy) is 3. The van der Waals surface area contributed by atoms with Crippen molar-refractivity contribution >= 4 is 23.9 Å². The Hall–Kier alpha value is -2.12. The molecule has 0 radical (unpaired) electrons. The van der Waals surface area contributed by atoms with Crippen LogP contribution in [-0.2, 0) is 33.4 Å². The maximum absolute atomic E-state index is 12.0. The minimum atomic E-state index is -0.861. The van der Waals surface area contributed by atoms with Gasteiger partial charge in [-0.25, -0.2) is 0 Å². The van der Waals surface area contributed by atoms with Gasteiger partial charge in [0.1, 0.15) is 6.61 Å². The SMILES string of the molecule is CCC(=O)OCOC(=O)C(CCCCCC(=O)O)COC(=O)CC. The van der Waals surface area contributed by atoms with Crippen molar-refractivity contribution in [2.75, 3.05) is 13.4 Å². The summed E-state index contributed by atoms with van der Waals surface area (Å²) < 4.78 is 14.5. The van der Waals surface area contributed by atoms with Crippen molar-refractivity contribution in [2.45, 2.75) is 58.8 Å². The maximum atomic E-state index is 12.0. The number of aliphatic carboxylic acids is 1. The van der Waals surface area contributed by atoms with E-state index in [1.807, 2.05) is 0 Å². The third-order valence-electron chi connectivity index (χ3n) is 3.22. The number of hydrogen-bond acceptors (Lipinski definition) is 7. The van der Waals surface area contributed by atoms with Crippen LogP contribution in [0.3, 0.4) is 0 Å². The molecule has 1 atom stereocenters. The minimum absolute atomic E-state index is 0.0763. The largest absolute Gasteiger partial charge is 0.481 e. The van der Waals surface area contributed by atoms with Gasteiger partial charge in [-0.15, -0.1) is 0 Å². The number of carbonyl (C=O) groups excluding carboxylic acids is 3. The maximum Gasteiger partial charge on any atom is 0.315 e. The van der Waals surface area contributed by atoms with Gasteiger partial charge >= 0.3 is 23.9 Å². The van der Waals surface area contributed by atoms with Gasteiger partial charge in [-0.1, -0.05) is 26.7 Å². The molecule has 0 fully saturated rings. The highest BCUT2D eigenvalue weighted by Crippen LogP contribution is 2.14. The Morgan fingerprint density at radius 2 is 1.50 bits per heavy atom. The van der Waals surface area contributed by atoms with Gasteiger partial charge in [-0.3, -0.25) is 19.2 Å². The summed E-state index contributed by atoms with van der Waals surface area (Å²) in [7, 11) is 0. The molecule has 0 spiro atoms. The number of rotatable bonds is 13. The second-order valence-corrected chi connectivity index (χ2v) is 5.18. The van der Waals surface area contributed by atoms with Crippen molar-refractivity contribution in [3.63, 3.8) is 0 Å². The summed E-state index contributed by atoms with van der Waals surface area (Å²) >= 11 is 0. The molecule has 1 unspecified atom stereocenters. The van der Waals surface area contributed by atoms with E-state index in [0.717, 1.165) is 0 Å². The normalized spacial score (nSPS) is 11.4. The van der Waals surface area contributed by atoms with Gasteiger partial charge in [0, 0.05) is 19.3 Å². The highest BCUT2D eigenvalue weighted by molar-refractivity contribution is 5.74. The highest BCUT2D eigenvalue weighted by atomic mass is 16.7. The van der Waals surface area contributed by atoms with Gasteiger partial charge in [0.25, 0.3) is 0 Å². The van der Waals surface area contributed by atoms with E-state index in [9.17, 15) is 19.2 Å². The Balaban J connectivity index is 4.28. The Morgan fingerprint density at radius 1 is 0.875 bits per heavy atom. The van der Waals surface area contributed by atoms with Crippen LogP contribution >= 0.6 is 0 Å². The molecule has 1 N–H and O–H groups in total. The molecule has 0 amide bonds. The van der Waals surface area contributed by atoms with Gasteiger partial charge in [0.05, 0.1) is 5.92 Å². The molecular formula is C16H26O8. The molecule has 0 aromatic carbocycles. The molecule has 0 saturated carbocycles. The fourth-order valence-corrected chi connectivity index (χ4v) is 1.78. The van der Waals surface area contributed by atoms with E-state index < -0.39 is 36.6 Å². The summed E-state index contributed by atoms with van der Waals surface area (Å²) in [6, 6.07) is 0. The predicted octanol–water partition coefficient (Wildman–Crippen LogP) is 2.04. The smallest absolute Gasteiger partial charge is 0.315 e. The zero-order valence-electron chi connectivity index (χ0n) is 14.2. The second kappa shape index (κ2) is 13.3. The fourth-order valence-electron chi connectivity index (χ4n) is 1.78. The summed E-state index contributed by atoms with van der Waals surface area (Å²) in [6.45, 7) is 2.69. The Labute approximate surface area is 141 Å². The lowest BCUT2D eigenvalue weighted by atomic mass is 10.0. The van der Waals surface area contributed by atoms with Crippen LogP contribution in [0.4, 0.5) is 0 Å². The van der Waals surface area contributed by atoms with Crippen LogP contribution in [0.15, 0.2) is 0 Å². The summed E-state index contributed by atoms with van der Waals surface area (Å²) in [5.74, 6) is -3.03. The van der Waals surface area contributed by atoms with Crippen LogP contribution < -0.4 is 0 Å². The molecule has 0 aliphatic heterocycles. The minimum Gasteiger partial charge on any atom is -0.481 e. The number of carboxylic acid groups (broad SMARTS) is 1. The van der Waals surface area contributed by atoms with Crippen molar-refractivity contribution < 1.29 is 38.5 Å². The van der Waals surface area contributed by atoms with Crippen LogP contribution in [0.2, 0.25) is 0 Å². The molecule has 0 aliphatic carbocycles. The van der Waals surface area contributed by atoms with Crippen LogP contribution in [-0.4, -0.2) is 42.4 Å². The van der Waals surface area contributed by atoms with E-state index in [2.05, 4.69) is 4.74 Å². The first-order valence-corrected chi connectivity index (χ1v) is 8.10. The Bertz CT molecular complexity index is 418. The van der Waals surface area contributed by atoms with E-state index in [0.29, 0.717) is 25.7 Å². The topological polar surface area (TPSA) is 116 Å². The summed E-state index contributed by atoms with van der Waals surface area (Å²) in [5.41, 5.74) is 0. The molecule has 0 bridgehead atoms. The fraction of sp³-hybridized carbons (Fsp3) is 0.750. The van der Waals surface area contributed by atoms with Crippen molar-refractivity contribution in [2.24, 2.45) is 5.92 Å². The first-order chi connectivity index (χ1) is 11.4. The van der Waals surface area contributed by atoms with E-state index in [4.69, 9.17) is 14.6 Å². The lowest BCUT2D eigenvalue weighted by Crippen LogP contribution is -2.25. The zero-order chi connectivity index (χ0) is 18.4. The lowest BCUT2D eigenvalue weighted by Gasteiger charge is -2.16. The highest BCUT2D eigenvalue weighted by Gasteiger charge is 2.22. The predicted molar refractivity (Wildman–Crippen MR) is 82.8 cm³/mol. The standard InChI is InChI=1S/C16H26O8/c1-3-14(19)22-10-12(8-6-5-7-9-13(17)18)16(21)24-11-23-15(20)4-2/h12H,3-11H2,1-2H3,(H,17,18). The van der Waals surface area contributed by atoms with Gasteiger partial charge in [-0.2, -0.15) is 0 Å². The van der Waals surface area contributed by atoms with Crippen molar-refractivity contribution in [1.82, 2.24) is 0 Å². The molecule has 138 valence electrons. The summed E-state index contributed by atoms with van der Waals surface area (Å²) in [4.78, 5) is 44.6. The monoisotopic (exact) mass is 346 g/mol. The summed E-state index contributed by atoms with van der Waals surface area (Å²) in [5, 5.41) is 8.57. The lowest BCUT2D eigenvalue weighted by molar-refractivity contribution is -0.172. The Morgan fingerprint density at radius 3 is 2.08 bits per heavy atom. The zero-order valence-corrected chi connectivity index (χ0v) is 14.2. The van der Waals surface area contributed by atoms with Crippen LogP contribution in [0.5, 0.6) is 0 Å². The molecule has 0 rings (SSSR count). The first kappa shape index (κ1) is 21.9. The van der Waals surface area contributed by atoms with E-state index in [-0.39, 0.29) is 25.9 Å². The van der Waals surface area contributed by atoms with Crippen LogP contribution in [0.1, 0.15) is 58.8 Å². The third kappa shape index (κ3) is 11.4. The van der Waals surface area contributed by atoms with Crippen LogP contribution in [0.25, 0.3) is 0 Å². The van der Waals surface area contributed by atoms with Gasteiger partial charge in [-0.05, 0) is 12.8 Å². The molecule has 0 heterocycles. The van der Waals surface area contributed by atoms with Gasteiger partial charge < -0.3 is 19.3 Å². The number of esters is 3. The van der Waals surface area contributed by atoms with Crippen LogP contribution in [0, 0.1) is 5.92 Å². The third-order valence-corrected chi connectivity index (χ3v) is 3.22. The Kier molecular flexibility index (Phi) is 12.2. The van der Waals surface area contributed by atoms with Gasteiger partial charge in [0.2, 0.25) is 6.79 Å². The van der Waals surface area contributed by atoms with Crippen molar-refractivity contribution in [3.8, 4) is 0 Å². The second-order valence-electron chi connectivity index (χ2n) is 5.18. The molecule has 8 heteroatoms. The molecule has 0 aliphatic rings. The van der Waals surface area contributed by atoms with Crippen molar-refractivity contribution in [3.05, 3.63) is 0 Å². The number of carbonyl (C=O) groups is 4. The van der Waals surface area contributed by atoms with E-state index >= 15 is 0 Å². The molecular weight excluding hydrogens is 320 g/mol. The summed E-state index contributed by atoms with van der Waals surface area (Å²) in [6.07, 6.45) is 2.62. The van der Waals surface area contributed by atoms with Gasteiger partial charge in [0.15, 0.2) is 0 Å². The molecule has 0 saturated heterocycles. The average Bonchev–Trinajstić information content (AvgIpc) is 2.56. The molecule has 0 aromatic heterocycles.